The summed E-state index contributed by atoms with van der Waals surface area (Å²) in [7, 11) is 5.74. The van der Waals surface area contributed by atoms with Crippen molar-refractivity contribution in [2.45, 2.75) is 26.8 Å². The molecule has 0 aliphatic rings. The number of aromatic nitrogens is 2. The van der Waals surface area contributed by atoms with Gasteiger partial charge >= 0.3 is 0 Å². The quantitative estimate of drug-likeness (QED) is 0.849. The summed E-state index contributed by atoms with van der Waals surface area (Å²) in [6.07, 6.45) is 0. The van der Waals surface area contributed by atoms with Crippen LogP contribution in [0, 0.1) is 6.92 Å². The van der Waals surface area contributed by atoms with Crippen LogP contribution in [0.3, 0.4) is 0 Å². The summed E-state index contributed by atoms with van der Waals surface area (Å²) in [4.78, 5) is 25.0. The Labute approximate surface area is 121 Å². The van der Waals surface area contributed by atoms with E-state index in [1.807, 2.05) is 39.8 Å². The van der Waals surface area contributed by atoms with E-state index in [1.54, 1.807) is 13.1 Å². The number of amides is 1. The molecule has 0 atom stereocenters. The lowest BCUT2D eigenvalue weighted by Crippen LogP contribution is -2.41. The van der Waals surface area contributed by atoms with Gasteiger partial charge in [0.25, 0.3) is 5.91 Å². The van der Waals surface area contributed by atoms with Crippen molar-refractivity contribution >= 4 is 11.9 Å². The Morgan fingerprint density at radius 1 is 1.30 bits per heavy atom. The molecule has 1 N–H and O–H groups in total. The second-order valence-electron chi connectivity index (χ2n) is 5.36. The molecule has 0 aliphatic heterocycles. The highest BCUT2D eigenvalue weighted by Crippen LogP contribution is 2.10. The molecule has 0 fully saturated rings. The lowest BCUT2D eigenvalue weighted by molar-refractivity contribution is 0.0687. The predicted molar refractivity (Wildman–Crippen MR) is 81.0 cm³/mol. The highest BCUT2D eigenvalue weighted by molar-refractivity contribution is 5.92. The minimum absolute atomic E-state index is 0.0520. The van der Waals surface area contributed by atoms with Crippen molar-refractivity contribution in [2.75, 3.05) is 39.5 Å². The maximum absolute atomic E-state index is 12.6. The fraction of sp³-hybridized carbons (Fsp3) is 0.643. The van der Waals surface area contributed by atoms with Gasteiger partial charge in [0.1, 0.15) is 5.69 Å². The smallest absolute Gasteiger partial charge is 0.272 e. The molecule has 0 radical (unpaired) electrons. The van der Waals surface area contributed by atoms with Crippen LogP contribution in [-0.2, 0) is 0 Å². The molecule has 0 unspecified atom stereocenters. The van der Waals surface area contributed by atoms with Crippen LogP contribution in [0.2, 0.25) is 0 Å². The van der Waals surface area contributed by atoms with Gasteiger partial charge in [0, 0.05) is 31.9 Å². The Morgan fingerprint density at radius 2 is 1.95 bits per heavy atom. The van der Waals surface area contributed by atoms with Crippen LogP contribution >= 0.6 is 0 Å². The normalized spacial score (nSPS) is 11.0. The number of carbonyl (C=O) groups is 1. The SMILES string of the molecule is CNc1nc(C)cc(C(=O)N(CCN(C)C)C(C)C)n1. The number of likely N-dealkylation sites (N-methyl/N-ethyl adjacent to an activating group) is 1. The van der Waals surface area contributed by atoms with E-state index in [-0.39, 0.29) is 11.9 Å². The molecule has 0 aliphatic carbocycles. The molecule has 0 saturated heterocycles. The highest BCUT2D eigenvalue weighted by Gasteiger charge is 2.20. The molecule has 0 bridgehead atoms. The average molecular weight is 279 g/mol. The van der Waals surface area contributed by atoms with Crippen LogP contribution in [0.1, 0.15) is 30.0 Å². The first kappa shape index (κ1) is 16.4. The lowest BCUT2D eigenvalue weighted by Gasteiger charge is -2.28. The third-order valence-electron chi connectivity index (χ3n) is 2.97. The van der Waals surface area contributed by atoms with E-state index in [1.165, 1.54) is 0 Å². The molecular weight excluding hydrogens is 254 g/mol. The molecule has 112 valence electrons. The molecule has 0 saturated carbocycles. The van der Waals surface area contributed by atoms with Crippen molar-refractivity contribution in [3.8, 4) is 0 Å². The summed E-state index contributed by atoms with van der Waals surface area (Å²) in [5.41, 5.74) is 1.22. The van der Waals surface area contributed by atoms with E-state index in [2.05, 4.69) is 20.2 Å². The predicted octanol–water partition coefficient (Wildman–Crippen LogP) is 1.24. The number of rotatable bonds is 6. The van der Waals surface area contributed by atoms with Gasteiger partial charge in [0.15, 0.2) is 0 Å². The van der Waals surface area contributed by atoms with Gasteiger partial charge in [-0.2, -0.15) is 0 Å². The summed E-state index contributed by atoms with van der Waals surface area (Å²) in [6.45, 7) is 7.40. The summed E-state index contributed by atoms with van der Waals surface area (Å²) < 4.78 is 0. The van der Waals surface area contributed by atoms with Crippen molar-refractivity contribution in [3.05, 3.63) is 17.5 Å². The molecule has 1 aromatic heterocycles. The summed E-state index contributed by atoms with van der Waals surface area (Å²) in [6, 6.07) is 1.87. The van der Waals surface area contributed by atoms with Crippen molar-refractivity contribution in [2.24, 2.45) is 0 Å². The minimum Gasteiger partial charge on any atom is -0.357 e. The Kier molecular flexibility index (Phi) is 5.88. The number of hydrogen-bond donors (Lipinski definition) is 1. The molecule has 6 nitrogen and oxygen atoms in total. The largest absolute Gasteiger partial charge is 0.357 e. The number of nitrogens with one attached hydrogen (secondary N) is 1. The van der Waals surface area contributed by atoms with Gasteiger partial charge in [0.2, 0.25) is 5.95 Å². The molecule has 0 aromatic carbocycles. The second kappa shape index (κ2) is 7.19. The maximum Gasteiger partial charge on any atom is 0.272 e. The van der Waals surface area contributed by atoms with Crippen LogP contribution in [0.25, 0.3) is 0 Å². The van der Waals surface area contributed by atoms with E-state index < -0.39 is 0 Å². The second-order valence-corrected chi connectivity index (χ2v) is 5.36. The Morgan fingerprint density at radius 3 is 2.45 bits per heavy atom. The zero-order chi connectivity index (χ0) is 15.3. The topological polar surface area (TPSA) is 61.4 Å². The first-order chi connectivity index (χ1) is 9.35. The fourth-order valence-electron chi connectivity index (χ4n) is 1.84. The highest BCUT2D eigenvalue weighted by atomic mass is 16.2. The van der Waals surface area contributed by atoms with Gasteiger partial charge < -0.3 is 15.1 Å². The van der Waals surface area contributed by atoms with Crippen LogP contribution in [0.15, 0.2) is 6.07 Å². The Bertz CT molecular complexity index is 459. The molecule has 1 rings (SSSR count). The van der Waals surface area contributed by atoms with Gasteiger partial charge in [-0.15, -0.1) is 0 Å². The third-order valence-corrected chi connectivity index (χ3v) is 2.97. The van der Waals surface area contributed by atoms with Gasteiger partial charge in [-0.25, -0.2) is 9.97 Å². The summed E-state index contributed by atoms with van der Waals surface area (Å²) in [5, 5.41) is 2.88. The van der Waals surface area contributed by atoms with Gasteiger partial charge in [-0.3, -0.25) is 4.79 Å². The zero-order valence-corrected chi connectivity index (χ0v) is 13.3. The van der Waals surface area contributed by atoms with Crippen molar-refractivity contribution in [3.63, 3.8) is 0 Å². The number of hydrogen-bond acceptors (Lipinski definition) is 5. The van der Waals surface area contributed by atoms with Crippen LogP contribution in [0.5, 0.6) is 0 Å². The molecule has 1 heterocycles. The standard InChI is InChI=1S/C14H25N5O/c1-10(2)19(8-7-18(5)6)13(20)12-9-11(3)16-14(15-4)17-12/h9-10H,7-8H2,1-6H3,(H,15,16,17). The molecule has 1 aromatic rings. The number of nitrogens with zero attached hydrogens (tertiary/aromatic N) is 4. The van der Waals surface area contributed by atoms with Crippen molar-refractivity contribution < 1.29 is 4.79 Å². The maximum atomic E-state index is 12.6. The fourth-order valence-corrected chi connectivity index (χ4v) is 1.84. The number of anilines is 1. The molecule has 1 amide bonds. The van der Waals surface area contributed by atoms with Gasteiger partial charge in [0.05, 0.1) is 0 Å². The van der Waals surface area contributed by atoms with Crippen LogP contribution < -0.4 is 5.32 Å². The zero-order valence-electron chi connectivity index (χ0n) is 13.3. The number of carbonyl (C=O) groups excluding carboxylic acids is 1. The van der Waals surface area contributed by atoms with Crippen LogP contribution in [0.4, 0.5) is 5.95 Å². The average Bonchev–Trinajstić information content (AvgIpc) is 2.37. The van der Waals surface area contributed by atoms with Gasteiger partial charge in [-0.1, -0.05) is 0 Å². The van der Waals surface area contributed by atoms with E-state index >= 15 is 0 Å². The van der Waals surface area contributed by atoms with E-state index in [9.17, 15) is 4.79 Å². The van der Waals surface area contributed by atoms with Crippen molar-refractivity contribution in [1.29, 1.82) is 0 Å². The van der Waals surface area contributed by atoms with Crippen molar-refractivity contribution in [1.82, 2.24) is 19.8 Å². The molecule has 6 heteroatoms. The molecule has 0 spiro atoms. The monoisotopic (exact) mass is 279 g/mol. The summed E-state index contributed by atoms with van der Waals surface area (Å²) >= 11 is 0. The minimum atomic E-state index is -0.0520. The number of aryl methyl sites for hydroxylation is 1. The van der Waals surface area contributed by atoms with Crippen LogP contribution in [-0.4, -0.2) is 65.9 Å². The third kappa shape index (κ3) is 4.45. The van der Waals surface area contributed by atoms with E-state index in [0.29, 0.717) is 18.2 Å². The van der Waals surface area contributed by atoms with E-state index in [4.69, 9.17) is 0 Å². The summed E-state index contributed by atoms with van der Waals surface area (Å²) in [5.74, 6) is 0.425. The Hall–Kier alpha value is -1.69. The first-order valence-electron chi connectivity index (χ1n) is 6.84. The van der Waals surface area contributed by atoms with E-state index in [0.717, 1.165) is 12.2 Å². The lowest BCUT2D eigenvalue weighted by atomic mass is 10.2. The van der Waals surface area contributed by atoms with Gasteiger partial charge in [-0.05, 0) is 40.9 Å². The first-order valence-corrected chi connectivity index (χ1v) is 6.84. The molecular formula is C14H25N5O. The molecule has 20 heavy (non-hydrogen) atoms. The Balaban J connectivity index is 2.96.